The minimum atomic E-state index is -0.519. The van der Waals surface area contributed by atoms with Crippen molar-refractivity contribution in [1.82, 2.24) is 20.0 Å². The molecule has 1 saturated carbocycles. The van der Waals surface area contributed by atoms with Gasteiger partial charge in [0.2, 0.25) is 0 Å². The third-order valence-electron chi connectivity index (χ3n) is 5.05. The first-order valence-electron chi connectivity index (χ1n) is 9.58. The molecule has 2 heterocycles. The Labute approximate surface area is 155 Å². The molecular formula is C19H30N4O3. The molecule has 7 heteroatoms. The first-order chi connectivity index (χ1) is 12.2. The van der Waals surface area contributed by atoms with Gasteiger partial charge in [0.15, 0.2) is 5.69 Å². The molecule has 1 N–H and O–H groups in total. The van der Waals surface area contributed by atoms with Crippen LogP contribution in [0.1, 0.15) is 74.6 Å². The molecule has 3 rings (SSSR count). The predicted molar refractivity (Wildman–Crippen MR) is 97.9 cm³/mol. The molecular weight excluding hydrogens is 332 g/mol. The minimum Gasteiger partial charge on any atom is -0.444 e. The van der Waals surface area contributed by atoms with Gasteiger partial charge in [-0.2, -0.15) is 5.10 Å². The van der Waals surface area contributed by atoms with Crippen LogP contribution in [0.25, 0.3) is 0 Å². The van der Waals surface area contributed by atoms with Gasteiger partial charge in [-0.15, -0.1) is 0 Å². The number of hydrogen-bond acceptors (Lipinski definition) is 4. The average molecular weight is 362 g/mol. The van der Waals surface area contributed by atoms with Gasteiger partial charge >= 0.3 is 6.09 Å². The summed E-state index contributed by atoms with van der Waals surface area (Å²) in [6, 6.07) is 0.260. The zero-order valence-corrected chi connectivity index (χ0v) is 16.3. The number of hydrogen-bond donors (Lipinski definition) is 1. The SMILES string of the molecule is Cn1nc(C(=O)NC2CCCCC2)c2c1CN(C(=O)OC(C)(C)C)CC2. The summed E-state index contributed by atoms with van der Waals surface area (Å²) in [5.41, 5.74) is 1.86. The van der Waals surface area contributed by atoms with Crippen molar-refractivity contribution in [3.05, 3.63) is 17.0 Å². The number of ether oxygens (including phenoxy) is 1. The zero-order chi connectivity index (χ0) is 18.9. The van der Waals surface area contributed by atoms with Crippen molar-refractivity contribution in [3.63, 3.8) is 0 Å². The molecule has 7 nitrogen and oxygen atoms in total. The van der Waals surface area contributed by atoms with E-state index in [1.807, 2.05) is 27.8 Å². The Morgan fingerprint density at radius 2 is 1.88 bits per heavy atom. The van der Waals surface area contributed by atoms with E-state index >= 15 is 0 Å². The molecule has 1 fully saturated rings. The molecule has 0 atom stereocenters. The van der Waals surface area contributed by atoms with E-state index in [9.17, 15) is 9.59 Å². The number of fused-ring (bicyclic) bond motifs is 1. The van der Waals surface area contributed by atoms with E-state index < -0.39 is 5.60 Å². The largest absolute Gasteiger partial charge is 0.444 e. The highest BCUT2D eigenvalue weighted by Gasteiger charge is 2.31. The van der Waals surface area contributed by atoms with Gasteiger partial charge in [0, 0.05) is 25.2 Å². The van der Waals surface area contributed by atoms with E-state index in [4.69, 9.17) is 4.74 Å². The second-order valence-corrected chi connectivity index (χ2v) is 8.36. The summed E-state index contributed by atoms with van der Waals surface area (Å²) < 4.78 is 7.19. The number of amides is 2. The Kier molecular flexibility index (Phi) is 5.25. The summed E-state index contributed by atoms with van der Waals surface area (Å²) in [4.78, 5) is 26.7. The molecule has 0 saturated heterocycles. The molecule has 0 aromatic carbocycles. The molecule has 1 aromatic rings. The van der Waals surface area contributed by atoms with Crippen molar-refractivity contribution in [3.8, 4) is 0 Å². The lowest BCUT2D eigenvalue weighted by Crippen LogP contribution is -2.41. The number of nitrogens with one attached hydrogen (secondary N) is 1. The molecule has 0 spiro atoms. The quantitative estimate of drug-likeness (QED) is 0.878. The number of nitrogens with zero attached hydrogens (tertiary/aromatic N) is 3. The molecule has 1 aliphatic heterocycles. The van der Waals surface area contributed by atoms with E-state index in [0.29, 0.717) is 25.2 Å². The number of carbonyl (C=O) groups is 2. The number of rotatable bonds is 2. The molecule has 1 aromatic heterocycles. The number of aromatic nitrogens is 2. The van der Waals surface area contributed by atoms with Gasteiger partial charge in [0.25, 0.3) is 5.91 Å². The van der Waals surface area contributed by atoms with Crippen LogP contribution in [0.3, 0.4) is 0 Å². The van der Waals surface area contributed by atoms with Crippen molar-refractivity contribution in [1.29, 1.82) is 0 Å². The lowest BCUT2D eigenvalue weighted by atomic mass is 9.95. The highest BCUT2D eigenvalue weighted by atomic mass is 16.6. The van der Waals surface area contributed by atoms with Crippen LogP contribution in [0.2, 0.25) is 0 Å². The lowest BCUT2D eigenvalue weighted by Gasteiger charge is -2.30. The molecule has 2 aliphatic rings. The summed E-state index contributed by atoms with van der Waals surface area (Å²) in [6.45, 7) is 6.54. The highest BCUT2D eigenvalue weighted by Crippen LogP contribution is 2.24. The summed E-state index contributed by atoms with van der Waals surface area (Å²) in [5, 5.41) is 7.60. The van der Waals surface area contributed by atoms with Crippen molar-refractivity contribution in [2.24, 2.45) is 7.05 Å². The molecule has 1 aliphatic carbocycles. The first-order valence-corrected chi connectivity index (χ1v) is 9.58. The Morgan fingerprint density at radius 3 is 2.54 bits per heavy atom. The van der Waals surface area contributed by atoms with Gasteiger partial charge in [-0.25, -0.2) is 4.79 Å². The fraction of sp³-hybridized carbons (Fsp3) is 0.737. The third kappa shape index (κ3) is 4.19. The fourth-order valence-electron chi connectivity index (χ4n) is 3.74. The second-order valence-electron chi connectivity index (χ2n) is 8.36. The van der Waals surface area contributed by atoms with Crippen LogP contribution in [0.15, 0.2) is 0 Å². The monoisotopic (exact) mass is 362 g/mol. The zero-order valence-electron chi connectivity index (χ0n) is 16.3. The normalized spacial score (nSPS) is 18.4. The summed E-state index contributed by atoms with van der Waals surface area (Å²) in [7, 11) is 1.83. The highest BCUT2D eigenvalue weighted by molar-refractivity contribution is 5.94. The van der Waals surface area contributed by atoms with E-state index in [1.54, 1.807) is 9.58 Å². The van der Waals surface area contributed by atoms with Crippen LogP contribution >= 0.6 is 0 Å². The summed E-state index contributed by atoms with van der Waals surface area (Å²) in [5.74, 6) is -0.0838. The maximum absolute atomic E-state index is 12.7. The van der Waals surface area contributed by atoms with E-state index in [0.717, 1.165) is 24.1 Å². The van der Waals surface area contributed by atoms with Crippen LogP contribution in [0.5, 0.6) is 0 Å². The number of aryl methyl sites for hydroxylation is 1. The van der Waals surface area contributed by atoms with Crippen LogP contribution in [0.4, 0.5) is 4.79 Å². The third-order valence-corrected chi connectivity index (χ3v) is 5.05. The molecule has 0 unspecified atom stereocenters. The van der Waals surface area contributed by atoms with Crippen LogP contribution in [-0.2, 0) is 24.8 Å². The van der Waals surface area contributed by atoms with Gasteiger partial charge in [0.1, 0.15) is 5.60 Å². The maximum Gasteiger partial charge on any atom is 0.410 e. The van der Waals surface area contributed by atoms with Crippen LogP contribution < -0.4 is 5.32 Å². The Bertz CT molecular complexity index is 684. The van der Waals surface area contributed by atoms with Crippen molar-refractivity contribution >= 4 is 12.0 Å². The molecule has 0 bridgehead atoms. The molecule has 144 valence electrons. The van der Waals surface area contributed by atoms with Crippen molar-refractivity contribution in [2.75, 3.05) is 6.54 Å². The standard InChI is InChI=1S/C19H30N4O3/c1-19(2,3)26-18(25)23-11-10-14-15(12-23)22(4)21-16(14)17(24)20-13-8-6-5-7-9-13/h13H,5-12H2,1-4H3,(H,20,24). The fourth-order valence-corrected chi connectivity index (χ4v) is 3.74. The van der Waals surface area contributed by atoms with E-state index in [-0.39, 0.29) is 18.0 Å². The summed E-state index contributed by atoms with van der Waals surface area (Å²) in [6.07, 6.45) is 6.01. The van der Waals surface area contributed by atoms with Crippen molar-refractivity contribution < 1.29 is 14.3 Å². The topological polar surface area (TPSA) is 76.5 Å². The maximum atomic E-state index is 12.7. The van der Waals surface area contributed by atoms with Crippen LogP contribution in [-0.4, -0.2) is 44.9 Å². The first kappa shape index (κ1) is 18.7. The van der Waals surface area contributed by atoms with Gasteiger partial charge in [-0.05, 0) is 40.0 Å². The van der Waals surface area contributed by atoms with E-state index in [2.05, 4.69) is 10.4 Å². The van der Waals surface area contributed by atoms with Crippen LogP contribution in [0, 0.1) is 0 Å². The van der Waals surface area contributed by atoms with Gasteiger partial charge in [-0.3, -0.25) is 9.48 Å². The molecule has 2 amide bonds. The average Bonchev–Trinajstić information content (AvgIpc) is 2.91. The number of carbonyl (C=O) groups excluding carboxylic acids is 2. The van der Waals surface area contributed by atoms with Gasteiger partial charge in [0.05, 0.1) is 12.2 Å². The smallest absolute Gasteiger partial charge is 0.410 e. The Morgan fingerprint density at radius 1 is 1.19 bits per heavy atom. The second kappa shape index (κ2) is 7.29. The van der Waals surface area contributed by atoms with Gasteiger partial charge < -0.3 is 15.0 Å². The predicted octanol–water partition coefficient (Wildman–Crippen LogP) is 2.78. The van der Waals surface area contributed by atoms with Gasteiger partial charge in [-0.1, -0.05) is 19.3 Å². The lowest BCUT2D eigenvalue weighted by molar-refractivity contribution is 0.0219. The minimum absolute atomic E-state index is 0.0838. The Balaban J connectivity index is 1.70. The molecule has 0 radical (unpaired) electrons. The van der Waals surface area contributed by atoms with E-state index in [1.165, 1.54) is 19.3 Å². The Hall–Kier alpha value is -2.05. The van der Waals surface area contributed by atoms with Crippen molar-refractivity contribution in [2.45, 2.75) is 77.5 Å². The molecule has 26 heavy (non-hydrogen) atoms. The summed E-state index contributed by atoms with van der Waals surface area (Å²) >= 11 is 0.